The van der Waals surface area contributed by atoms with E-state index in [1.807, 2.05) is 22.7 Å². The minimum absolute atomic E-state index is 0.562. The number of aryl methyl sites for hydroxylation is 4. The number of hydrogen-bond acceptors (Lipinski definition) is 8. The van der Waals surface area contributed by atoms with Gasteiger partial charge in [-0.3, -0.25) is 0 Å². The Balaban J connectivity index is 1.17. The third-order valence-electron chi connectivity index (χ3n) is 22.5. The van der Waals surface area contributed by atoms with E-state index in [1.54, 1.807) is 0 Å². The molecule has 6 heterocycles. The Morgan fingerprint density at radius 1 is 0.340 bits per heavy atom. The minimum atomic E-state index is -0.562. The summed E-state index contributed by atoms with van der Waals surface area (Å²) in [6, 6.07) is 56.0. The zero-order valence-corrected chi connectivity index (χ0v) is 68.0. The van der Waals surface area contributed by atoms with Crippen LogP contribution in [0.2, 0.25) is 0 Å². The molecule has 526 valence electrons. The van der Waals surface area contributed by atoms with Gasteiger partial charge in [0.2, 0.25) is 0 Å². The van der Waals surface area contributed by atoms with Gasteiger partial charge in [0.1, 0.15) is 0 Å². The van der Waals surface area contributed by atoms with Crippen molar-refractivity contribution in [2.24, 2.45) is 11.8 Å². The molecule has 0 fully saturated rings. The highest BCUT2D eigenvalue weighted by Crippen LogP contribution is 2.70. The van der Waals surface area contributed by atoms with E-state index in [0.717, 1.165) is 25.7 Å². The van der Waals surface area contributed by atoms with Gasteiger partial charge in [-0.05, 0) is 190 Å². The van der Waals surface area contributed by atoms with Crippen molar-refractivity contribution < 1.29 is 0 Å². The lowest BCUT2D eigenvalue weighted by atomic mass is 9.65. The fourth-order valence-electron chi connectivity index (χ4n) is 16.9. The summed E-state index contributed by atoms with van der Waals surface area (Å²) in [6.07, 6.45) is 34.8. The van der Waals surface area contributed by atoms with E-state index in [9.17, 15) is 0 Å². The number of rotatable bonds is 40. The van der Waals surface area contributed by atoms with Crippen LogP contribution in [-0.2, 0) is 36.5 Å². The van der Waals surface area contributed by atoms with Gasteiger partial charge in [0, 0.05) is 62.3 Å². The molecule has 8 heteroatoms. The highest BCUT2D eigenvalue weighted by molar-refractivity contribution is 8.01. The van der Waals surface area contributed by atoms with Crippen LogP contribution in [0.4, 0.5) is 0 Å². The molecule has 0 amide bonds. The maximum atomic E-state index is 2.69. The van der Waals surface area contributed by atoms with E-state index >= 15 is 0 Å². The summed E-state index contributed by atoms with van der Waals surface area (Å²) in [5, 5.41) is 7.89. The van der Waals surface area contributed by atoms with Gasteiger partial charge in [-0.25, -0.2) is 0 Å². The first-order valence-corrected chi connectivity index (χ1v) is 46.4. The summed E-state index contributed by atoms with van der Waals surface area (Å²) in [5.41, 5.74) is 19.4. The second-order valence-corrected chi connectivity index (χ2v) is 38.0. The van der Waals surface area contributed by atoms with Gasteiger partial charge in [0.05, 0.1) is 29.0 Å². The van der Waals surface area contributed by atoms with Gasteiger partial charge >= 0.3 is 0 Å². The number of thioether (sulfide) groups is 2. The van der Waals surface area contributed by atoms with Crippen LogP contribution in [-0.4, -0.2) is 11.5 Å². The number of thiophene rings is 6. The van der Waals surface area contributed by atoms with Crippen molar-refractivity contribution in [1.29, 1.82) is 0 Å². The Kier molecular flexibility index (Phi) is 25.9. The van der Waals surface area contributed by atoms with Crippen LogP contribution in [0.25, 0.3) is 60.6 Å². The van der Waals surface area contributed by atoms with Crippen molar-refractivity contribution in [2.45, 2.75) is 254 Å². The molecule has 2 aliphatic rings. The highest BCUT2D eigenvalue weighted by Gasteiger charge is 2.54. The lowest BCUT2D eigenvalue weighted by molar-refractivity contribution is 0.499. The first-order valence-electron chi connectivity index (χ1n) is 39.4. The predicted molar refractivity (Wildman–Crippen MR) is 454 cm³/mol. The zero-order chi connectivity index (χ0) is 69.0. The molecule has 6 aromatic heterocycles. The van der Waals surface area contributed by atoms with Crippen molar-refractivity contribution in [3.05, 3.63) is 211 Å². The Labute approximate surface area is 635 Å². The molecule has 0 saturated heterocycles. The lowest BCUT2D eigenvalue weighted by Crippen LogP contribution is -2.29. The number of fused-ring (bicyclic) bond motifs is 10. The van der Waals surface area contributed by atoms with Crippen LogP contribution in [0.15, 0.2) is 153 Å². The van der Waals surface area contributed by atoms with E-state index in [1.165, 1.54) is 301 Å². The van der Waals surface area contributed by atoms with E-state index < -0.39 is 10.8 Å². The second kappa shape index (κ2) is 35.1. The molecule has 0 nitrogen and oxygen atoms in total. The zero-order valence-electron chi connectivity index (χ0n) is 61.5. The third kappa shape index (κ3) is 14.9. The highest BCUT2D eigenvalue weighted by atomic mass is 32.2. The van der Waals surface area contributed by atoms with Gasteiger partial charge in [0.25, 0.3) is 0 Å². The Morgan fingerprint density at radius 2 is 0.680 bits per heavy atom. The fraction of sp³-hybridized carbons (Fsp3) is 0.457. The molecule has 2 atom stereocenters. The van der Waals surface area contributed by atoms with Crippen LogP contribution in [0, 0.1) is 11.8 Å². The van der Waals surface area contributed by atoms with Gasteiger partial charge < -0.3 is 0 Å². The van der Waals surface area contributed by atoms with E-state index in [2.05, 4.69) is 268 Å². The lowest BCUT2D eigenvalue weighted by Gasteiger charge is -2.35. The monoisotopic (exact) mass is 1470 g/mol. The molecule has 0 saturated carbocycles. The summed E-state index contributed by atoms with van der Waals surface area (Å²) < 4.78 is 5.85. The second-order valence-electron chi connectivity index (χ2n) is 29.3. The maximum absolute atomic E-state index is 2.69. The van der Waals surface area contributed by atoms with E-state index in [0.29, 0.717) is 11.8 Å². The quantitative estimate of drug-likeness (QED) is 0.0277. The average molecular weight is 1470 g/mol. The van der Waals surface area contributed by atoms with Crippen LogP contribution in [0.1, 0.15) is 276 Å². The summed E-state index contributed by atoms with van der Waals surface area (Å²) >= 11 is 16.8. The van der Waals surface area contributed by atoms with Gasteiger partial charge in [-0.2, -0.15) is 0 Å². The Hall–Kier alpha value is -4.48. The molecule has 0 radical (unpaired) electrons. The summed E-state index contributed by atoms with van der Waals surface area (Å²) in [5.74, 6) is 3.77. The molecular weight excluding hydrogens is 1360 g/mol. The van der Waals surface area contributed by atoms with Crippen molar-refractivity contribution in [3.8, 4) is 40.4 Å². The van der Waals surface area contributed by atoms with Gasteiger partial charge in [-0.15, -0.1) is 91.5 Å². The van der Waals surface area contributed by atoms with Crippen molar-refractivity contribution in [2.75, 3.05) is 11.5 Å². The molecule has 0 spiro atoms. The Morgan fingerprint density at radius 3 is 1.00 bits per heavy atom. The third-order valence-corrected chi connectivity index (χ3v) is 32.1. The van der Waals surface area contributed by atoms with E-state index in [-0.39, 0.29) is 0 Å². The first kappa shape index (κ1) is 73.8. The smallest absolute Gasteiger partial charge is 0.0737 e. The Bertz CT molecular complexity index is 4050. The topological polar surface area (TPSA) is 0 Å². The molecular formula is C92H110S8. The van der Waals surface area contributed by atoms with Crippen molar-refractivity contribution >= 4 is 112 Å². The molecule has 13 rings (SSSR count). The van der Waals surface area contributed by atoms with Crippen molar-refractivity contribution in [1.82, 2.24) is 0 Å². The standard InChI is InChI=1S/C92H110S8/c1-9-17-23-27-37-65-41-31-45-69(57-65)91(70-46-32-42-66(58-70)38-28-24-18-10-2)73-53-55-93-85(73)89-83(91)81-79(75-49-51-77(97-75)95-61-63(15-7)35-21-13-5)88-82(80(87(81)99-89)76-50-52-78(98-76)96-62-64(16-8)36-22-14-6)84-90(100-88)86-74(54-56-94-86)92(84,71-47-33-43-67(59-71)39-29-25-19-11-3)72-48-34-44-68(60-72)40-30-26-20-12-4/h31-34,41-60,63-64H,9-30,35-40,61-62H2,1-8H3. The largest absolute Gasteiger partial charge is 0.143 e. The van der Waals surface area contributed by atoms with Crippen LogP contribution in [0.3, 0.4) is 0 Å². The SMILES string of the molecule is CCCCCCc1cccc(C2(c3cccc(CCCCCC)c3)c3ccsc3-c3sc4c(-c5ccc(SCC(CC)CCCC)s5)c5c6c(sc5c(-c5ccc(SCC(CC)CCCC)s5)c4c32)-c2sccc2C6(c2cccc(CCCCCC)c2)c2cccc(CCCCCC)c2)c1. The van der Waals surface area contributed by atoms with Gasteiger partial charge in [-0.1, -0.05) is 268 Å². The van der Waals surface area contributed by atoms with Crippen LogP contribution >= 0.6 is 91.5 Å². The maximum Gasteiger partial charge on any atom is 0.0737 e. The molecule has 100 heavy (non-hydrogen) atoms. The van der Waals surface area contributed by atoms with Gasteiger partial charge in [0.15, 0.2) is 0 Å². The molecule has 11 aromatic rings. The number of hydrogen-bond donors (Lipinski definition) is 0. The molecule has 2 aliphatic carbocycles. The van der Waals surface area contributed by atoms with Crippen LogP contribution in [0.5, 0.6) is 0 Å². The molecule has 2 unspecified atom stereocenters. The summed E-state index contributed by atoms with van der Waals surface area (Å²) in [6.45, 7) is 19.0. The molecule has 0 N–H and O–H groups in total. The van der Waals surface area contributed by atoms with Crippen LogP contribution < -0.4 is 0 Å². The van der Waals surface area contributed by atoms with Crippen molar-refractivity contribution in [3.63, 3.8) is 0 Å². The fourth-order valence-corrected chi connectivity index (χ4v) is 27.1. The predicted octanol–water partition coefficient (Wildman–Crippen LogP) is 31.5. The summed E-state index contributed by atoms with van der Waals surface area (Å²) in [4.78, 5) is 8.74. The normalized spacial score (nSPS) is 14.2. The number of unbranched alkanes of at least 4 members (excludes halogenated alkanes) is 14. The molecule has 5 aromatic carbocycles. The van der Waals surface area contributed by atoms with E-state index in [4.69, 9.17) is 0 Å². The first-order chi connectivity index (χ1) is 49.3. The average Bonchev–Trinajstić information content (AvgIpc) is 1.49. The molecule has 0 bridgehead atoms. The molecule has 0 aliphatic heterocycles. The minimum Gasteiger partial charge on any atom is -0.143 e. The summed E-state index contributed by atoms with van der Waals surface area (Å²) in [7, 11) is 0. The number of benzene rings is 5.